The van der Waals surface area contributed by atoms with Crippen molar-refractivity contribution in [2.24, 2.45) is 0 Å². The van der Waals surface area contributed by atoms with Crippen LogP contribution in [0.25, 0.3) is 82.8 Å². The molecule has 39 heavy (non-hydrogen) atoms. The molecule has 0 bridgehead atoms. The molecule has 3 aromatic heterocycles. The van der Waals surface area contributed by atoms with E-state index in [4.69, 9.17) is 13.8 Å². The summed E-state index contributed by atoms with van der Waals surface area (Å²) < 4.78 is 14.9. The zero-order valence-corrected chi connectivity index (χ0v) is 20.8. The fourth-order valence-corrected chi connectivity index (χ4v) is 5.97. The molecule has 0 atom stereocenters. The lowest BCUT2D eigenvalue weighted by atomic mass is 10.1. The van der Waals surface area contributed by atoms with Crippen molar-refractivity contribution < 1.29 is 8.83 Å². The van der Waals surface area contributed by atoms with E-state index in [0.29, 0.717) is 0 Å². The fourth-order valence-electron chi connectivity index (χ4n) is 5.97. The van der Waals surface area contributed by atoms with Gasteiger partial charge in [-0.15, -0.1) is 0 Å². The van der Waals surface area contributed by atoms with Crippen LogP contribution in [0.5, 0.6) is 0 Å². The standard InChI is InChI=1S/C35H20N2O2/c1-2-9-22-20-30-28(19-21(22)8-1)36-35(23-16-17-33-27(18-23)25-11-4-5-14-31(25)38-33)37(30)29-13-7-12-26-24-10-3-6-15-32(24)39-34(26)29/h1-20H. The summed E-state index contributed by atoms with van der Waals surface area (Å²) in [5.41, 5.74) is 7.44. The smallest absolute Gasteiger partial charge is 0.159 e. The van der Waals surface area contributed by atoms with Crippen molar-refractivity contribution in [2.75, 3.05) is 0 Å². The summed E-state index contributed by atoms with van der Waals surface area (Å²) in [4.78, 5) is 5.23. The zero-order valence-electron chi connectivity index (χ0n) is 20.8. The number of rotatable bonds is 2. The van der Waals surface area contributed by atoms with E-state index >= 15 is 0 Å². The number of benzene rings is 6. The third kappa shape index (κ3) is 2.91. The lowest BCUT2D eigenvalue weighted by molar-refractivity contribution is 0.666. The Hall–Kier alpha value is -5.35. The maximum Gasteiger partial charge on any atom is 0.159 e. The Bertz CT molecular complexity index is 2400. The highest BCUT2D eigenvalue weighted by atomic mass is 16.3. The molecule has 0 unspecified atom stereocenters. The molecule has 0 N–H and O–H groups in total. The highest BCUT2D eigenvalue weighted by molar-refractivity contribution is 6.09. The van der Waals surface area contributed by atoms with Gasteiger partial charge in [0.05, 0.1) is 16.7 Å². The molecule has 0 saturated carbocycles. The monoisotopic (exact) mass is 500 g/mol. The van der Waals surface area contributed by atoms with Gasteiger partial charge in [0.2, 0.25) is 0 Å². The van der Waals surface area contributed by atoms with Crippen LogP contribution in [0, 0.1) is 0 Å². The van der Waals surface area contributed by atoms with Gasteiger partial charge in [0.1, 0.15) is 22.6 Å². The number of nitrogens with zero attached hydrogens (tertiary/aromatic N) is 2. The first kappa shape index (κ1) is 20.7. The number of hydrogen-bond acceptors (Lipinski definition) is 3. The molecule has 0 aliphatic rings. The van der Waals surface area contributed by atoms with Crippen molar-refractivity contribution >= 4 is 65.7 Å². The average molecular weight is 501 g/mol. The molecule has 3 heterocycles. The normalized spacial score (nSPS) is 12.1. The van der Waals surface area contributed by atoms with E-state index in [0.717, 1.165) is 72.0 Å². The molecule has 6 aromatic carbocycles. The number of hydrogen-bond donors (Lipinski definition) is 0. The molecule has 4 heteroatoms. The van der Waals surface area contributed by atoms with Gasteiger partial charge in [0, 0.05) is 27.1 Å². The minimum atomic E-state index is 0.849. The zero-order chi connectivity index (χ0) is 25.5. The number of para-hydroxylation sites is 3. The van der Waals surface area contributed by atoms with Crippen LogP contribution in [0.1, 0.15) is 0 Å². The van der Waals surface area contributed by atoms with Gasteiger partial charge in [-0.3, -0.25) is 4.57 Å². The summed E-state index contributed by atoms with van der Waals surface area (Å²) >= 11 is 0. The summed E-state index contributed by atoms with van der Waals surface area (Å²) in [6.45, 7) is 0. The summed E-state index contributed by atoms with van der Waals surface area (Å²) in [5.74, 6) is 0.862. The Morgan fingerprint density at radius 2 is 1.18 bits per heavy atom. The van der Waals surface area contributed by atoms with Crippen molar-refractivity contribution in [1.82, 2.24) is 9.55 Å². The molecule has 0 saturated heterocycles. The van der Waals surface area contributed by atoms with E-state index in [1.54, 1.807) is 0 Å². The lowest BCUT2D eigenvalue weighted by Crippen LogP contribution is -1.98. The van der Waals surface area contributed by atoms with Crippen LogP contribution in [0.4, 0.5) is 0 Å². The van der Waals surface area contributed by atoms with E-state index in [1.165, 1.54) is 10.8 Å². The molecule has 9 rings (SSSR count). The van der Waals surface area contributed by atoms with E-state index in [9.17, 15) is 0 Å². The summed E-state index contributed by atoms with van der Waals surface area (Å²) in [7, 11) is 0. The summed E-state index contributed by atoms with van der Waals surface area (Å²) in [5, 5.41) is 6.71. The van der Waals surface area contributed by atoms with Crippen LogP contribution in [0.3, 0.4) is 0 Å². The van der Waals surface area contributed by atoms with Gasteiger partial charge in [0.25, 0.3) is 0 Å². The predicted octanol–water partition coefficient (Wildman–Crippen LogP) is 9.64. The van der Waals surface area contributed by atoms with Gasteiger partial charge in [-0.25, -0.2) is 4.98 Å². The number of imidazole rings is 1. The van der Waals surface area contributed by atoms with Crippen LogP contribution >= 0.6 is 0 Å². The Morgan fingerprint density at radius 3 is 2.03 bits per heavy atom. The van der Waals surface area contributed by atoms with Crippen LogP contribution < -0.4 is 0 Å². The first-order valence-electron chi connectivity index (χ1n) is 13.1. The van der Waals surface area contributed by atoms with Gasteiger partial charge >= 0.3 is 0 Å². The second-order valence-electron chi connectivity index (χ2n) is 10.0. The molecule has 0 aliphatic carbocycles. The average Bonchev–Trinajstić information content (AvgIpc) is 3.66. The molecule has 9 aromatic rings. The van der Waals surface area contributed by atoms with Crippen molar-refractivity contribution in [3.8, 4) is 17.1 Å². The third-order valence-electron chi connectivity index (χ3n) is 7.78. The van der Waals surface area contributed by atoms with E-state index in [-0.39, 0.29) is 0 Å². The second kappa shape index (κ2) is 7.59. The molecule has 0 fully saturated rings. The van der Waals surface area contributed by atoms with Crippen LogP contribution in [-0.2, 0) is 0 Å². The van der Waals surface area contributed by atoms with Gasteiger partial charge in [-0.1, -0.05) is 72.8 Å². The van der Waals surface area contributed by atoms with Crippen LogP contribution in [0.2, 0.25) is 0 Å². The lowest BCUT2D eigenvalue weighted by Gasteiger charge is -2.11. The molecular formula is C35H20N2O2. The maximum atomic E-state index is 6.49. The molecule has 0 aliphatic heterocycles. The summed E-state index contributed by atoms with van der Waals surface area (Å²) in [6, 6.07) is 41.9. The quantitative estimate of drug-likeness (QED) is 0.237. The molecule has 4 nitrogen and oxygen atoms in total. The topological polar surface area (TPSA) is 44.1 Å². The van der Waals surface area contributed by atoms with Gasteiger partial charge in [0.15, 0.2) is 5.58 Å². The van der Waals surface area contributed by atoms with Gasteiger partial charge in [-0.05, 0) is 59.3 Å². The Morgan fingerprint density at radius 1 is 0.513 bits per heavy atom. The summed E-state index contributed by atoms with van der Waals surface area (Å²) in [6.07, 6.45) is 0. The minimum Gasteiger partial charge on any atom is -0.456 e. The van der Waals surface area contributed by atoms with Crippen molar-refractivity contribution in [1.29, 1.82) is 0 Å². The predicted molar refractivity (Wildman–Crippen MR) is 159 cm³/mol. The van der Waals surface area contributed by atoms with Crippen LogP contribution in [-0.4, -0.2) is 9.55 Å². The van der Waals surface area contributed by atoms with Crippen molar-refractivity contribution in [3.63, 3.8) is 0 Å². The first-order chi connectivity index (χ1) is 19.3. The Balaban J connectivity index is 1.41. The number of fused-ring (bicyclic) bond motifs is 8. The fraction of sp³-hybridized carbons (Fsp3) is 0. The SMILES string of the molecule is c1ccc2cc3c(cc2c1)nc(-c1ccc2oc4ccccc4c2c1)n3-c1cccc2c1oc1ccccc12. The van der Waals surface area contributed by atoms with E-state index < -0.39 is 0 Å². The van der Waals surface area contributed by atoms with Crippen LogP contribution in [0.15, 0.2) is 130 Å². The Kier molecular flexibility index (Phi) is 4.02. The first-order valence-corrected chi connectivity index (χ1v) is 13.1. The van der Waals surface area contributed by atoms with E-state index in [2.05, 4.69) is 89.5 Å². The van der Waals surface area contributed by atoms with Crippen molar-refractivity contribution in [2.45, 2.75) is 0 Å². The van der Waals surface area contributed by atoms with Crippen molar-refractivity contribution in [3.05, 3.63) is 121 Å². The van der Waals surface area contributed by atoms with E-state index in [1.807, 2.05) is 36.4 Å². The number of furan rings is 2. The molecule has 0 radical (unpaired) electrons. The second-order valence-corrected chi connectivity index (χ2v) is 10.0. The molecular weight excluding hydrogens is 480 g/mol. The number of aromatic nitrogens is 2. The highest BCUT2D eigenvalue weighted by Gasteiger charge is 2.20. The minimum absolute atomic E-state index is 0.849. The third-order valence-corrected chi connectivity index (χ3v) is 7.78. The molecule has 0 amide bonds. The molecule has 182 valence electrons. The Labute approximate surface area is 222 Å². The largest absolute Gasteiger partial charge is 0.456 e. The highest BCUT2D eigenvalue weighted by Crippen LogP contribution is 2.39. The van der Waals surface area contributed by atoms with Gasteiger partial charge < -0.3 is 8.83 Å². The van der Waals surface area contributed by atoms with Gasteiger partial charge in [-0.2, -0.15) is 0 Å². The molecule has 0 spiro atoms. The maximum absolute atomic E-state index is 6.49.